The van der Waals surface area contributed by atoms with Crippen LogP contribution in [0.3, 0.4) is 0 Å². The lowest BCUT2D eigenvalue weighted by molar-refractivity contribution is 0.0624. The van der Waals surface area contributed by atoms with Gasteiger partial charge in [-0.15, -0.1) is 11.3 Å². The van der Waals surface area contributed by atoms with Gasteiger partial charge in [0.05, 0.1) is 6.20 Å². The number of ether oxygens (including phenoxy) is 2. The fourth-order valence-electron chi connectivity index (χ4n) is 3.19. The quantitative estimate of drug-likeness (QED) is 0.905. The van der Waals surface area contributed by atoms with Crippen molar-refractivity contribution in [3.8, 4) is 22.1 Å². The van der Waals surface area contributed by atoms with Crippen LogP contribution in [0, 0.1) is 0 Å². The van der Waals surface area contributed by atoms with Crippen LogP contribution in [0.25, 0.3) is 10.6 Å². The Morgan fingerprint density at radius 3 is 3.04 bits per heavy atom. The van der Waals surface area contributed by atoms with Gasteiger partial charge in [0, 0.05) is 24.2 Å². The first-order valence-electron chi connectivity index (χ1n) is 8.04. The largest absolute Gasteiger partial charge is 0.454 e. The van der Waals surface area contributed by atoms with Crippen molar-refractivity contribution in [1.82, 2.24) is 9.88 Å². The second kappa shape index (κ2) is 6.07. The van der Waals surface area contributed by atoms with Gasteiger partial charge >= 0.3 is 0 Å². The third-order valence-electron chi connectivity index (χ3n) is 4.51. The highest BCUT2D eigenvalue weighted by Crippen LogP contribution is 2.37. The lowest BCUT2D eigenvalue weighted by atomic mass is 9.99. The van der Waals surface area contributed by atoms with E-state index in [-0.39, 0.29) is 24.8 Å². The molecule has 126 valence electrons. The van der Waals surface area contributed by atoms with Crippen LogP contribution in [-0.4, -0.2) is 41.2 Å². The van der Waals surface area contributed by atoms with Crippen molar-refractivity contribution in [2.75, 3.05) is 13.3 Å². The van der Waals surface area contributed by atoms with Crippen LogP contribution in [-0.2, 0) is 0 Å². The SMILES string of the molecule is C[C@H]1C[C@@H](N)CCN1C(=O)c1cnc(-c2ccc3c(c2)OCO3)s1. The smallest absolute Gasteiger partial charge is 0.265 e. The topological polar surface area (TPSA) is 77.7 Å². The van der Waals surface area contributed by atoms with Crippen molar-refractivity contribution < 1.29 is 14.3 Å². The van der Waals surface area contributed by atoms with Crippen LogP contribution in [0.1, 0.15) is 29.4 Å². The number of rotatable bonds is 2. The number of hydrogen-bond donors (Lipinski definition) is 1. The molecular formula is C17H19N3O3S. The van der Waals surface area contributed by atoms with Gasteiger partial charge in [-0.1, -0.05) is 0 Å². The molecule has 1 amide bonds. The molecule has 24 heavy (non-hydrogen) atoms. The van der Waals surface area contributed by atoms with Crippen molar-refractivity contribution in [2.24, 2.45) is 5.73 Å². The number of amides is 1. The van der Waals surface area contributed by atoms with Crippen LogP contribution in [0.2, 0.25) is 0 Å². The maximum Gasteiger partial charge on any atom is 0.265 e. The zero-order valence-corrected chi connectivity index (χ0v) is 14.2. The van der Waals surface area contributed by atoms with Gasteiger partial charge in [-0.05, 0) is 38.0 Å². The molecule has 0 radical (unpaired) electrons. The second-order valence-electron chi connectivity index (χ2n) is 6.23. The van der Waals surface area contributed by atoms with Gasteiger partial charge in [0.1, 0.15) is 9.88 Å². The van der Waals surface area contributed by atoms with Crippen molar-refractivity contribution in [3.05, 3.63) is 29.3 Å². The van der Waals surface area contributed by atoms with Crippen molar-refractivity contribution in [2.45, 2.75) is 31.8 Å². The molecule has 2 atom stereocenters. The molecule has 2 aromatic rings. The molecule has 0 unspecified atom stereocenters. The first-order chi connectivity index (χ1) is 11.6. The monoisotopic (exact) mass is 345 g/mol. The summed E-state index contributed by atoms with van der Waals surface area (Å²) in [5, 5.41) is 0.804. The van der Waals surface area contributed by atoms with E-state index in [1.54, 1.807) is 6.20 Å². The normalized spacial score (nSPS) is 22.7. The molecule has 4 rings (SSSR count). The van der Waals surface area contributed by atoms with Crippen LogP contribution < -0.4 is 15.2 Å². The number of piperidine rings is 1. The Hall–Kier alpha value is -2.12. The molecule has 0 aliphatic carbocycles. The molecule has 1 aromatic carbocycles. The average molecular weight is 345 g/mol. The number of benzene rings is 1. The minimum absolute atomic E-state index is 0.0406. The summed E-state index contributed by atoms with van der Waals surface area (Å²) < 4.78 is 10.7. The maximum absolute atomic E-state index is 12.8. The summed E-state index contributed by atoms with van der Waals surface area (Å²) in [6.45, 7) is 3.00. The average Bonchev–Trinajstić information content (AvgIpc) is 3.23. The molecule has 2 N–H and O–H groups in total. The van der Waals surface area contributed by atoms with Gasteiger partial charge < -0.3 is 20.1 Å². The number of thiazole rings is 1. The molecule has 3 heterocycles. The molecule has 2 aliphatic rings. The number of nitrogens with zero attached hydrogens (tertiary/aromatic N) is 2. The van der Waals surface area contributed by atoms with Gasteiger partial charge in [-0.25, -0.2) is 4.98 Å². The standard InChI is InChI=1S/C17H19N3O3S/c1-10-6-12(18)4-5-20(10)17(21)15-8-19-16(24-15)11-2-3-13-14(7-11)23-9-22-13/h2-3,7-8,10,12H,4-6,9,18H2,1H3/t10-,12-/m0/s1. The summed E-state index contributed by atoms with van der Waals surface area (Å²) >= 11 is 1.41. The highest BCUT2D eigenvalue weighted by molar-refractivity contribution is 7.16. The van der Waals surface area contributed by atoms with Gasteiger partial charge in [-0.2, -0.15) is 0 Å². The third-order valence-corrected chi connectivity index (χ3v) is 5.55. The summed E-state index contributed by atoms with van der Waals surface area (Å²) in [6.07, 6.45) is 3.36. The zero-order chi connectivity index (χ0) is 16.7. The van der Waals surface area contributed by atoms with Crippen LogP contribution in [0.15, 0.2) is 24.4 Å². The number of hydrogen-bond acceptors (Lipinski definition) is 6. The van der Waals surface area contributed by atoms with E-state index >= 15 is 0 Å². The lowest BCUT2D eigenvalue weighted by Crippen LogP contribution is -2.48. The van der Waals surface area contributed by atoms with E-state index in [0.717, 1.165) is 29.2 Å². The predicted octanol–water partition coefficient (Wildman–Crippen LogP) is 2.49. The van der Waals surface area contributed by atoms with Crippen LogP contribution in [0.5, 0.6) is 11.5 Å². The molecular weight excluding hydrogens is 326 g/mol. The van der Waals surface area contributed by atoms with Gasteiger partial charge in [0.2, 0.25) is 6.79 Å². The summed E-state index contributed by atoms with van der Waals surface area (Å²) in [4.78, 5) is 19.7. The third kappa shape index (κ3) is 2.74. The van der Waals surface area contributed by atoms with Crippen molar-refractivity contribution >= 4 is 17.2 Å². The molecule has 2 aliphatic heterocycles. The Labute approximate surface area is 144 Å². The number of nitrogens with two attached hydrogens (primary N) is 1. The fraction of sp³-hybridized carbons (Fsp3) is 0.412. The van der Waals surface area contributed by atoms with Gasteiger partial charge in [0.15, 0.2) is 11.5 Å². The summed E-state index contributed by atoms with van der Waals surface area (Å²) in [5.41, 5.74) is 6.91. The Bertz CT molecular complexity index is 776. The van der Waals surface area contributed by atoms with E-state index in [9.17, 15) is 4.79 Å². The predicted molar refractivity (Wildman–Crippen MR) is 91.4 cm³/mol. The number of carbonyl (C=O) groups excluding carboxylic acids is 1. The molecule has 1 saturated heterocycles. The summed E-state index contributed by atoms with van der Waals surface area (Å²) in [7, 11) is 0. The summed E-state index contributed by atoms with van der Waals surface area (Å²) in [5.74, 6) is 1.50. The number of aromatic nitrogens is 1. The van der Waals surface area contributed by atoms with Crippen LogP contribution in [0.4, 0.5) is 0 Å². The van der Waals surface area contributed by atoms with E-state index in [0.29, 0.717) is 17.2 Å². The van der Waals surface area contributed by atoms with E-state index in [1.165, 1.54) is 11.3 Å². The van der Waals surface area contributed by atoms with Crippen molar-refractivity contribution in [3.63, 3.8) is 0 Å². The Kier molecular flexibility index (Phi) is 3.90. The molecule has 1 aromatic heterocycles. The molecule has 6 nitrogen and oxygen atoms in total. The lowest BCUT2D eigenvalue weighted by Gasteiger charge is -2.36. The Balaban J connectivity index is 1.55. The molecule has 0 saturated carbocycles. The van der Waals surface area contributed by atoms with E-state index in [2.05, 4.69) is 11.9 Å². The van der Waals surface area contributed by atoms with Gasteiger partial charge in [-0.3, -0.25) is 4.79 Å². The van der Waals surface area contributed by atoms with E-state index in [4.69, 9.17) is 15.2 Å². The fourth-order valence-corrected chi connectivity index (χ4v) is 4.06. The van der Waals surface area contributed by atoms with Crippen molar-refractivity contribution in [1.29, 1.82) is 0 Å². The maximum atomic E-state index is 12.8. The first-order valence-corrected chi connectivity index (χ1v) is 8.86. The minimum atomic E-state index is 0.0406. The number of carbonyl (C=O) groups is 1. The van der Waals surface area contributed by atoms with Gasteiger partial charge in [0.25, 0.3) is 5.91 Å². The van der Waals surface area contributed by atoms with E-state index < -0.39 is 0 Å². The molecule has 0 spiro atoms. The second-order valence-corrected chi connectivity index (χ2v) is 7.26. The molecule has 1 fully saturated rings. The van der Waals surface area contributed by atoms with E-state index in [1.807, 2.05) is 23.1 Å². The van der Waals surface area contributed by atoms with Crippen LogP contribution >= 0.6 is 11.3 Å². The minimum Gasteiger partial charge on any atom is -0.454 e. The summed E-state index contributed by atoms with van der Waals surface area (Å²) in [6, 6.07) is 6.06. The highest BCUT2D eigenvalue weighted by atomic mass is 32.1. The first kappa shape index (κ1) is 15.4. The zero-order valence-electron chi connectivity index (χ0n) is 13.4. The molecule has 0 bridgehead atoms. The Morgan fingerprint density at radius 2 is 2.21 bits per heavy atom. The molecule has 7 heteroatoms. The number of likely N-dealkylation sites (tertiary alicyclic amines) is 1. The number of fused-ring (bicyclic) bond motifs is 1. The highest BCUT2D eigenvalue weighted by Gasteiger charge is 2.29. The Morgan fingerprint density at radius 1 is 1.38 bits per heavy atom.